The Kier molecular flexibility index (Phi) is 4.00. The Hall–Kier alpha value is -1.09. The second-order valence-corrected chi connectivity index (χ2v) is 5.17. The van der Waals surface area contributed by atoms with E-state index < -0.39 is 0 Å². The van der Waals surface area contributed by atoms with Crippen LogP contribution >= 0.6 is 0 Å². The molecule has 0 bridgehead atoms. The Labute approximate surface area is 104 Å². The zero-order chi connectivity index (χ0) is 12.3. The Morgan fingerprint density at radius 3 is 2.71 bits per heavy atom. The molecular formula is C14H23N3. The molecule has 0 saturated carbocycles. The van der Waals surface area contributed by atoms with Crippen LogP contribution in [0.3, 0.4) is 0 Å². The SMILES string of the molecule is CNCc1cc(C)nc(N2CCC(C)CC2)c1. The Balaban J connectivity index is 2.14. The number of aryl methyl sites for hydroxylation is 1. The van der Waals surface area contributed by atoms with Gasteiger partial charge in [-0.25, -0.2) is 4.98 Å². The van der Waals surface area contributed by atoms with E-state index >= 15 is 0 Å². The van der Waals surface area contributed by atoms with Gasteiger partial charge in [0.1, 0.15) is 5.82 Å². The monoisotopic (exact) mass is 233 g/mol. The van der Waals surface area contributed by atoms with E-state index in [9.17, 15) is 0 Å². The fourth-order valence-corrected chi connectivity index (χ4v) is 2.43. The predicted octanol–water partition coefficient (Wildman–Crippen LogP) is 2.35. The van der Waals surface area contributed by atoms with Gasteiger partial charge in [0.25, 0.3) is 0 Å². The van der Waals surface area contributed by atoms with Gasteiger partial charge in [-0.2, -0.15) is 0 Å². The minimum absolute atomic E-state index is 0.868. The number of hydrogen-bond acceptors (Lipinski definition) is 3. The molecule has 1 aliphatic rings. The van der Waals surface area contributed by atoms with E-state index in [4.69, 9.17) is 0 Å². The molecule has 2 rings (SSSR count). The zero-order valence-electron chi connectivity index (χ0n) is 11.2. The van der Waals surface area contributed by atoms with Crippen molar-refractivity contribution in [1.82, 2.24) is 10.3 Å². The van der Waals surface area contributed by atoms with Crippen molar-refractivity contribution in [3.05, 3.63) is 23.4 Å². The molecule has 0 amide bonds. The molecular weight excluding hydrogens is 210 g/mol. The van der Waals surface area contributed by atoms with Crippen molar-refractivity contribution >= 4 is 5.82 Å². The van der Waals surface area contributed by atoms with E-state index in [-0.39, 0.29) is 0 Å². The highest BCUT2D eigenvalue weighted by Gasteiger charge is 2.17. The van der Waals surface area contributed by atoms with Gasteiger partial charge in [0.15, 0.2) is 0 Å². The molecule has 1 aromatic heterocycles. The molecule has 0 spiro atoms. The normalized spacial score (nSPS) is 17.5. The number of piperidine rings is 1. The Bertz CT molecular complexity index is 368. The third-order valence-electron chi connectivity index (χ3n) is 3.49. The van der Waals surface area contributed by atoms with Crippen molar-refractivity contribution in [2.75, 3.05) is 25.0 Å². The highest BCUT2D eigenvalue weighted by Crippen LogP contribution is 2.22. The maximum atomic E-state index is 4.66. The first-order valence-electron chi connectivity index (χ1n) is 6.56. The lowest BCUT2D eigenvalue weighted by atomic mass is 9.99. The molecule has 17 heavy (non-hydrogen) atoms. The second kappa shape index (κ2) is 5.50. The molecule has 1 aliphatic heterocycles. The van der Waals surface area contributed by atoms with Crippen LogP contribution in [-0.4, -0.2) is 25.1 Å². The fourth-order valence-electron chi connectivity index (χ4n) is 2.43. The molecule has 94 valence electrons. The molecule has 3 nitrogen and oxygen atoms in total. The van der Waals surface area contributed by atoms with E-state index in [1.807, 2.05) is 7.05 Å². The van der Waals surface area contributed by atoms with Crippen molar-refractivity contribution in [2.45, 2.75) is 33.2 Å². The molecule has 0 aliphatic carbocycles. The van der Waals surface area contributed by atoms with Crippen LogP contribution in [-0.2, 0) is 6.54 Å². The van der Waals surface area contributed by atoms with Crippen LogP contribution in [0.15, 0.2) is 12.1 Å². The van der Waals surface area contributed by atoms with Crippen LogP contribution in [0.4, 0.5) is 5.82 Å². The maximum absolute atomic E-state index is 4.66. The molecule has 1 N–H and O–H groups in total. The minimum Gasteiger partial charge on any atom is -0.357 e. The standard InChI is InChI=1S/C14H23N3/c1-11-4-6-17(7-5-11)14-9-13(10-15-3)8-12(2)16-14/h8-9,11,15H,4-7,10H2,1-3H3. The molecule has 3 heteroatoms. The summed E-state index contributed by atoms with van der Waals surface area (Å²) < 4.78 is 0. The van der Waals surface area contributed by atoms with Gasteiger partial charge in [0, 0.05) is 25.3 Å². The predicted molar refractivity (Wildman–Crippen MR) is 72.3 cm³/mol. The summed E-state index contributed by atoms with van der Waals surface area (Å²) in [6, 6.07) is 4.38. The highest BCUT2D eigenvalue weighted by atomic mass is 15.2. The Morgan fingerprint density at radius 2 is 2.06 bits per heavy atom. The summed E-state index contributed by atoms with van der Waals surface area (Å²) in [7, 11) is 1.98. The Morgan fingerprint density at radius 1 is 1.35 bits per heavy atom. The molecule has 2 heterocycles. The lowest BCUT2D eigenvalue weighted by Gasteiger charge is -2.31. The van der Waals surface area contributed by atoms with Crippen LogP contribution in [0.2, 0.25) is 0 Å². The summed E-state index contributed by atoms with van der Waals surface area (Å²) in [5.74, 6) is 2.02. The molecule has 0 radical (unpaired) electrons. The van der Waals surface area contributed by atoms with Crippen molar-refractivity contribution in [2.24, 2.45) is 5.92 Å². The number of nitrogens with one attached hydrogen (secondary N) is 1. The fraction of sp³-hybridized carbons (Fsp3) is 0.643. The lowest BCUT2D eigenvalue weighted by Crippen LogP contribution is -2.33. The molecule has 0 aromatic carbocycles. The maximum Gasteiger partial charge on any atom is 0.129 e. The van der Waals surface area contributed by atoms with Gasteiger partial charge < -0.3 is 10.2 Å². The van der Waals surface area contributed by atoms with Crippen LogP contribution in [0, 0.1) is 12.8 Å². The first-order chi connectivity index (χ1) is 8.19. The van der Waals surface area contributed by atoms with Gasteiger partial charge in [0.05, 0.1) is 0 Å². The van der Waals surface area contributed by atoms with Gasteiger partial charge in [-0.3, -0.25) is 0 Å². The second-order valence-electron chi connectivity index (χ2n) is 5.17. The van der Waals surface area contributed by atoms with Crippen molar-refractivity contribution in [1.29, 1.82) is 0 Å². The van der Waals surface area contributed by atoms with E-state index in [1.54, 1.807) is 0 Å². The third kappa shape index (κ3) is 3.19. The van der Waals surface area contributed by atoms with Crippen molar-refractivity contribution in [3.63, 3.8) is 0 Å². The van der Waals surface area contributed by atoms with Gasteiger partial charge in [-0.05, 0) is 50.4 Å². The summed E-state index contributed by atoms with van der Waals surface area (Å²) >= 11 is 0. The first kappa shape index (κ1) is 12.4. The van der Waals surface area contributed by atoms with E-state index in [2.05, 4.69) is 41.2 Å². The number of hydrogen-bond donors (Lipinski definition) is 1. The summed E-state index contributed by atoms with van der Waals surface area (Å²) in [6.07, 6.45) is 2.58. The number of aromatic nitrogens is 1. The third-order valence-corrected chi connectivity index (χ3v) is 3.49. The van der Waals surface area contributed by atoms with Gasteiger partial charge in [-0.15, -0.1) is 0 Å². The smallest absolute Gasteiger partial charge is 0.129 e. The molecule has 0 atom stereocenters. The summed E-state index contributed by atoms with van der Waals surface area (Å²) in [5.41, 5.74) is 2.44. The van der Waals surface area contributed by atoms with Crippen LogP contribution in [0.5, 0.6) is 0 Å². The molecule has 0 unspecified atom stereocenters. The minimum atomic E-state index is 0.868. The summed E-state index contributed by atoms with van der Waals surface area (Å²) in [6.45, 7) is 7.64. The molecule has 1 aromatic rings. The highest BCUT2D eigenvalue weighted by molar-refractivity contribution is 5.43. The lowest BCUT2D eigenvalue weighted by molar-refractivity contribution is 0.436. The zero-order valence-corrected chi connectivity index (χ0v) is 11.2. The first-order valence-corrected chi connectivity index (χ1v) is 6.56. The number of anilines is 1. The van der Waals surface area contributed by atoms with E-state index in [0.29, 0.717) is 0 Å². The summed E-state index contributed by atoms with van der Waals surface area (Å²) in [4.78, 5) is 7.09. The van der Waals surface area contributed by atoms with Crippen LogP contribution in [0.25, 0.3) is 0 Å². The van der Waals surface area contributed by atoms with Crippen LogP contribution in [0.1, 0.15) is 31.0 Å². The number of pyridine rings is 1. The average Bonchev–Trinajstić information content (AvgIpc) is 2.29. The van der Waals surface area contributed by atoms with E-state index in [1.165, 1.54) is 18.4 Å². The largest absolute Gasteiger partial charge is 0.357 e. The van der Waals surface area contributed by atoms with Gasteiger partial charge >= 0.3 is 0 Å². The van der Waals surface area contributed by atoms with Crippen molar-refractivity contribution in [3.8, 4) is 0 Å². The number of rotatable bonds is 3. The average molecular weight is 233 g/mol. The summed E-state index contributed by atoms with van der Waals surface area (Å²) in [5, 5.41) is 3.20. The number of nitrogens with zero attached hydrogens (tertiary/aromatic N) is 2. The molecule has 1 saturated heterocycles. The van der Waals surface area contributed by atoms with Crippen LogP contribution < -0.4 is 10.2 Å². The van der Waals surface area contributed by atoms with Crippen molar-refractivity contribution < 1.29 is 0 Å². The van der Waals surface area contributed by atoms with E-state index in [0.717, 1.165) is 37.1 Å². The van der Waals surface area contributed by atoms with Gasteiger partial charge in [0.2, 0.25) is 0 Å². The van der Waals surface area contributed by atoms with Gasteiger partial charge in [-0.1, -0.05) is 6.92 Å². The molecule has 1 fully saturated rings. The topological polar surface area (TPSA) is 28.2 Å². The quantitative estimate of drug-likeness (QED) is 0.868.